The summed E-state index contributed by atoms with van der Waals surface area (Å²) in [4.78, 5) is 0. The van der Waals surface area contributed by atoms with Crippen LogP contribution < -0.4 is 0 Å². The zero-order valence-electron chi connectivity index (χ0n) is 85.6. The van der Waals surface area contributed by atoms with E-state index in [0.29, 0.717) is 35.5 Å². The average molecular weight is 1530 g/mol. The van der Waals surface area contributed by atoms with E-state index < -0.39 is 10.8 Å². The van der Waals surface area contributed by atoms with Crippen molar-refractivity contribution in [1.29, 1.82) is 0 Å². The highest BCUT2D eigenvalue weighted by molar-refractivity contribution is 5.94. The third-order valence-corrected chi connectivity index (χ3v) is 44.2. The number of hydrogen-bond acceptors (Lipinski definition) is 0. The maximum atomic E-state index is 5.17. The number of hydrogen-bond donors (Lipinski definition) is 0. The molecular formula is C112H186. The Balaban J connectivity index is 1.90. The van der Waals surface area contributed by atoms with Gasteiger partial charge in [0.05, 0.1) is 0 Å². The van der Waals surface area contributed by atoms with Gasteiger partial charge >= 0.3 is 0 Å². The second kappa shape index (κ2) is 28.1. The van der Waals surface area contributed by atoms with Crippen molar-refractivity contribution in [3.8, 4) is 0 Å². The summed E-state index contributed by atoms with van der Waals surface area (Å²) in [5.74, 6) is 3.57. The lowest BCUT2D eigenvalue weighted by molar-refractivity contribution is -0.155. The molecule has 0 bridgehead atoms. The van der Waals surface area contributed by atoms with Crippen molar-refractivity contribution < 1.29 is 0 Å². The summed E-state index contributed by atoms with van der Waals surface area (Å²) in [6.07, 6.45) is 1.91. The molecule has 8 atom stereocenters. The molecule has 0 nitrogen and oxygen atoms in total. The molecule has 0 saturated heterocycles. The molecule has 0 N–H and O–H groups in total. The van der Waals surface area contributed by atoms with Crippen molar-refractivity contribution in [2.24, 2.45) is 134 Å². The van der Waals surface area contributed by atoms with Crippen molar-refractivity contribution in [3.05, 3.63) is 136 Å². The van der Waals surface area contributed by atoms with Gasteiger partial charge in [-0.2, -0.15) is 0 Å². The fraction of sp³-hybridized carbons (Fsp3) is 0.768. The van der Waals surface area contributed by atoms with E-state index >= 15 is 0 Å². The highest BCUT2D eigenvalue weighted by Gasteiger charge is 2.69. The van der Waals surface area contributed by atoms with Gasteiger partial charge in [-0.05, 0) is 324 Å². The minimum Gasteiger partial charge on any atom is -0.0946 e. The molecule has 1 aromatic rings. The Bertz CT molecular complexity index is 4250. The van der Waals surface area contributed by atoms with E-state index in [1.54, 1.807) is 50.1 Å². The summed E-state index contributed by atoms with van der Waals surface area (Å²) in [5.41, 5.74) is 33.1. The molecule has 0 amide bonds. The largest absolute Gasteiger partial charge is 0.0946 e. The maximum Gasteiger partial charge on any atom is 0.0161 e. The minimum atomic E-state index is -0.434. The van der Waals surface area contributed by atoms with E-state index in [9.17, 15) is 0 Å². The molecular weight excluding hydrogens is 1350 g/mol. The third kappa shape index (κ3) is 12.3. The van der Waals surface area contributed by atoms with Gasteiger partial charge in [0.25, 0.3) is 0 Å². The van der Waals surface area contributed by atoms with E-state index in [1.165, 1.54) is 83.6 Å². The molecule has 0 aromatic heterocycles. The minimum absolute atomic E-state index is 0.00259. The van der Waals surface area contributed by atoms with Crippen molar-refractivity contribution >= 4 is 11.1 Å². The van der Waals surface area contributed by atoms with Crippen molar-refractivity contribution in [3.63, 3.8) is 0 Å². The quantitative estimate of drug-likeness (QED) is 0.0915. The molecule has 0 aliphatic heterocycles. The van der Waals surface area contributed by atoms with Crippen LogP contribution in [0.5, 0.6) is 0 Å². The van der Waals surface area contributed by atoms with Gasteiger partial charge in [0.15, 0.2) is 0 Å². The SMILES string of the molecule is C=C1C2=C(C3=C(C)C(C)=C(C4=C(C)c5c(c(C(C)(C)C(C)(C)C(C)(C)C(C)(C)C(C)(C)C(C)(C)C)c6c(c5C(C)(C)C(C)(C)C(C)(C)C(C)(C)C(C)(C)C(C)(C)C)C(C(C)(C)C(C)(C)C(C)(C)C(C)C(C)C(C)C)C(C)=C6C)C4C(C)(C)C(C)(C)C(C)(C)C(C)C(C)C(C)C)C3)C(C)C(=C)C2=C(C2=C(C)C(C)=C(C)C2)C1C. The summed E-state index contributed by atoms with van der Waals surface area (Å²) < 4.78 is 0. The van der Waals surface area contributed by atoms with Crippen molar-refractivity contribution in [2.45, 2.75) is 423 Å². The second-order valence-electron chi connectivity index (χ2n) is 51.4. The lowest BCUT2D eigenvalue weighted by atomic mass is 9.37. The molecule has 0 spiro atoms. The molecule has 1 aromatic carbocycles. The van der Waals surface area contributed by atoms with E-state index in [4.69, 9.17) is 13.2 Å². The Morgan fingerprint density at radius 2 is 0.562 bits per heavy atom. The van der Waals surface area contributed by atoms with E-state index in [-0.39, 0.29) is 110 Å². The lowest BCUT2D eigenvalue weighted by Crippen LogP contribution is -2.61. The second-order valence-corrected chi connectivity index (χ2v) is 51.4. The molecule has 634 valence electrons. The van der Waals surface area contributed by atoms with Crippen LogP contribution in [0.15, 0.2) is 102 Å². The fourth-order valence-corrected chi connectivity index (χ4v) is 25.6. The molecule has 0 fully saturated rings. The van der Waals surface area contributed by atoms with Crippen LogP contribution in [0.2, 0.25) is 0 Å². The third-order valence-electron chi connectivity index (χ3n) is 44.2. The van der Waals surface area contributed by atoms with Gasteiger partial charge in [0.2, 0.25) is 0 Å². The molecule has 0 heterocycles. The zero-order chi connectivity index (χ0) is 88.0. The number of rotatable bonds is 25. The Morgan fingerprint density at radius 1 is 0.295 bits per heavy atom. The Labute approximate surface area is 699 Å². The van der Waals surface area contributed by atoms with Gasteiger partial charge in [-0.3, -0.25) is 0 Å². The number of benzene rings is 1. The summed E-state index contributed by atoms with van der Waals surface area (Å²) in [6, 6.07) is 0. The first kappa shape index (κ1) is 95.8. The highest BCUT2D eigenvalue weighted by atomic mass is 14.7. The van der Waals surface area contributed by atoms with Crippen LogP contribution >= 0.6 is 0 Å². The Kier molecular flexibility index (Phi) is 24.0. The summed E-state index contributed by atoms with van der Waals surface area (Å²) in [7, 11) is 0. The fourth-order valence-electron chi connectivity index (χ4n) is 25.6. The first-order valence-electron chi connectivity index (χ1n) is 45.7. The smallest absolute Gasteiger partial charge is 0.0161 e. The molecule has 0 saturated carbocycles. The van der Waals surface area contributed by atoms with Crippen molar-refractivity contribution in [2.75, 3.05) is 0 Å². The maximum absolute atomic E-state index is 5.17. The average Bonchev–Trinajstić information content (AvgIpc) is 1.33. The van der Waals surface area contributed by atoms with Gasteiger partial charge in [0, 0.05) is 23.7 Å². The number of allylic oxidation sites excluding steroid dienone is 18. The van der Waals surface area contributed by atoms with E-state index in [1.807, 2.05) is 0 Å². The number of fused-ring (bicyclic) bond motifs is 3. The van der Waals surface area contributed by atoms with E-state index in [2.05, 4.69) is 388 Å². The first-order chi connectivity index (χ1) is 49.4. The summed E-state index contributed by atoms with van der Waals surface area (Å²) in [6.45, 7) is 158. The van der Waals surface area contributed by atoms with Crippen LogP contribution in [0.1, 0.15) is 446 Å². The van der Waals surface area contributed by atoms with Gasteiger partial charge < -0.3 is 0 Å². The van der Waals surface area contributed by atoms with E-state index in [0.717, 1.165) is 12.8 Å². The van der Waals surface area contributed by atoms with Crippen LogP contribution in [0.25, 0.3) is 11.1 Å². The summed E-state index contributed by atoms with van der Waals surface area (Å²) in [5, 5.41) is 0. The Morgan fingerprint density at radius 3 is 0.857 bits per heavy atom. The molecule has 0 radical (unpaired) electrons. The molecule has 6 aliphatic rings. The van der Waals surface area contributed by atoms with Crippen LogP contribution in [-0.2, 0) is 10.8 Å². The van der Waals surface area contributed by atoms with Crippen LogP contribution in [0.4, 0.5) is 0 Å². The molecule has 112 heavy (non-hydrogen) atoms. The monoisotopic (exact) mass is 1530 g/mol. The van der Waals surface area contributed by atoms with Crippen LogP contribution in [-0.4, -0.2) is 0 Å². The highest BCUT2D eigenvalue weighted by Crippen LogP contribution is 2.78. The van der Waals surface area contributed by atoms with Crippen LogP contribution in [0, 0.1) is 134 Å². The predicted molar refractivity (Wildman–Crippen MR) is 503 cm³/mol. The lowest BCUT2D eigenvalue weighted by Gasteiger charge is -2.67. The van der Waals surface area contributed by atoms with Gasteiger partial charge in [0.1, 0.15) is 0 Å². The molecule has 6 aliphatic carbocycles. The predicted octanol–water partition coefficient (Wildman–Crippen LogP) is 35.4. The van der Waals surface area contributed by atoms with Gasteiger partial charge in [-0.1, -0.05) is 357 Å². The van der Waals surface area contributed by atoms with Gasteiger partial charge in [-0.25, -0.2) is 0 Å². The normalized spacial score (nSPS) is 22.7. The van der Waals surface area contributed by atoms with Crippen molar-refractivity contribution in [1.82, 2.24) is 0 Å². The topological polar surface area (TPSA) is 0 Å². The van der Waals surface area contributed by atoms with Gasteiger partial charge in [-0.15, -0.1) is 0 Å². The Hall–Kier alpha value is -3.38. The standard InChI is InChI=1S/C112H186/c1-61(2)64(6)77(19)97(27,28)105(43,44)99(31,32)91-75(17)74(16)87-89(91)94(102(37,38)108(49,50)112(57,58)110(53,54)104(41,42)96(24,25)26)88-76(18)84(81-60-80(68(10)69(81)11)83-71(13)73(15)85-82(70(12)72(14)86(83)85)79-59-63(5)66(8)67(79)9)92(100(33,34)106(45,46)98(29,30)78(20)65(7)62(3)4)90(88)93(87)101(35,36)107(47,48)111(55,56)109(51,52)103(39,40)95(21,22)23/h61-62,64-65,70-71,77-78,91-92H,14-15,59-60H2,1-13,16-58H3. The zero-order valence-corrected chi connectivity index (χ0v) is 85.6. The first-order valence-corrected chi connectivity index (χ1v) is 45.7. The summed E-state index contributed by atoms with van der Waals surface area (Å²) >= 11 is 0. The molecule has 8 unspecified atom stereocenters. The van der Waals surface area contributed by atoms with Crippen LogP contribution in [0.3, 0.4) is 0 Å². The molecule has 0 heteroatoms. The molecule has 7 rings (SSSR count).